The molecule has 0 bridgehead atoms. The fourth-order valence-electron chi connectivity index (χ4n) is 2.15. The van der Waals surface area contributed by atoms with Gasteiger partial charge in [0, 0.05) is 6.54 Å². The van der Waals surface area contributed by atoms with Crippen LogP contribution in [0.5, 0.6) is 0 Å². The molecule has 0 amide bonds. The number of rotatable bonds is 7. The summed E-state index contributed by atoms with van der Waals surface area (Å²) in [4.78, 5) is 0. The lowest BCUT2D eigenvalue weighted by atomic mass is 9.96. The largest absolute Gasteiger partial charge is 0.313 e. The van der Waals surface area contributed by atoms with E-state index < -0.39 is 5.67 Å². The summed E-state index contributed by atoms with van der Waals surface area (Å²) in [6.45, 7) is 3.68. The first-order valence-corrected chi connectivity index (χ1v) is 6.16. The zero-order valence-corrected chi connectivity index (χ0v) is 9.45. The molecule has 14 heavy (non-hydrogen) atoms. The Balaban J connectivity index is 1.92. The lowest BCUT2D eigenvalue weighted by Crippen LogP contribution is -2.25. The van der Waals surface area contributed by atoms with E-state index in [0.717, 1.165) is 25.8 Å². The van der Waals surface area contributed by atoms with Gasteiger partial charge < -0.3 is 5.32 Å². The minimum absolute atomic E-state index is 0.585. The molecule has 1 aliphatic rings. The summed E-state index contributed by atoms with van der Waals surface area (Å²) in [6, 6.07) is 0. The van der Waals surface area contributed by atoms with Crippen LogP contribution >= 0.6 is 0 Å². The van der Waals surface area contributed by atoms with Crippen molar-refractivity contribution in [3.05, 3.63) is 0 Å². The molecule has 1 atom stereocenters. The summed E-state index contributed by atoms with van der Waals surface area (Å²) < 4.78 is 13.8. The lowest BCUT2D eigenvalue weighted by molar-refractivity contribution is 0.170. The van der Waals surface area contributed by atoms with Gasteiger partial charge in [0.05, 0.1) is 0 Å². The van der Waals surface area contributed by atoms with E-state index in [4.69, 9.17) is 0 Å². The highest BCUT2D eigenvalue weighted by molar-refractivity contribution is 4.87. The number of halogens is 1. The van der Waals surface area contributed by atoms with Crippen LogP contribution < -0.4 is 5.32 Å². The van der Waals surface area contributed by atoms with Crippen LogP contribution in [0, 0.1) is 0 Å². The van der Waals surface area contributed by atoms with E-state index in [-0.39, 0.29) is 0 Å². The van der Waals surface area contributed by atoms with E-state index in [0.29, 0.717) is 6.54 Å². The predicted octanol–water partition coefficient (Wildman–Crippen LogP) is 3.44. The van der Waals surface area contributed by atoms with Crippen molar-refractivity contribution in [3.63, 3.8) is 0 Å². The van der Waals surface area contributed by atoms with Crippen LogP contribution in [0.25, 0.3) is 0 Å². The zero-order valence-electron chi connectivity index (χ0n) is 9.45. The molecule has 1 heterocycles. The van der Waals surface area contributed by atoms with E-state index in [1.54, 1.807) is 0 Å². The molecule has 0 radical (unpaired) electrons. The van der Waals surface area contributed by atoms with E-state index in [1.807, 2.05) is 0 Å². The number of hydrogen-bond donors (Lipinski definition) is 1. The van der Waals surface area contributed by atoms with Crippen LogP contribution in [-0.2, 0) is 0 Å². The van der Waals surface area contributed by atoms with Crippen molar-refractivity contribution >= 4 is 0 Å². The lowest BCUT2D eigenvalue weighted by Gasteiger charge is -2.17. The summed E-state index contributed by atoms with van der Waals surface area (Å²) in [5.74, 6) is 0. The normalized spacial score (nSPS) is 27.0. The highest BCUT2D eigenvalue weighted by Gasteiger charge is 2.32. The van der Waals surface area contributed by atoms with E-state index >= 15 is 0 Å². The standard InChI is InChI=1S/C12H24FN/c1-2-3-4-5-6-7-8-12(13)9-10-14-11-12/h14H,2-11H2,1H3. The highest BCUT2D eigenvalue weighted by atomic mass is 19.1. The van der Waals surface area contributed by atoms with Crippen LogP contribution in [-0.4, -0.2) is 18.8 Å². The topological polar surface area (TPSA) is 12.0 Å². The van der Waals surface area contributed by atoms with Crippen molar-refractivity contribution < 1.29 is 4.39 Å². The SMILES string of the molecule is CCCCCCCCC1(F)CCNC1. The van der Waals surface area contributed by atoms with E-state index in [9.17, 15) is 4.39 Å². The average molecular weight is 201 g/mol. The smallest absolute Gasteiger partial charge is 0.124 e. The molecule has 0 spiro atoms. The Hall–Kier alpha value is -0.110. The third-order valence-corrected chi connectivity index (χ3v) is 3.17. The Morgan fingerprint density at radius 1 is 1.14 bits per heavy atom. The second-order valence-electron chi connectivity index (χ2n) is 4.60. The van der Waals surface area contributed by atoms with Gasteiger partial charge in [0.25, 0.3) is 0 Å². The van der Waals surface area contributed by atoms with Crippen molar-refractivity contribution in [1.29, 1.82) is 0 Å². The maximum Gasteiger partial charge on any atom is 0.124 e. The monoisotopic (exact) mass is 201 g/mol. The van der Waals surface area contributed by atoms with E-state index in [2.05, 4.69) is 12.2 Å². The average Bonchev–Trinajstić information content (AvgIpc) is 2.59. The third-order valence-electron chi connectivity index (χ3n) is 3.17. The van der Waals surface area contributed by atoms with Crippen molar-refractivity contribution in [2.24, 2.45) is 0 Å². The molecule has 0 aromatic heterocycles. The minimum Gasteiger partial charge on any atom is -0.313 e. The van der Waals surface area contributed by atoms with Crippen molar-refractivity contribution in [1.82, 2.24) is 5.32 Å². The summed E-state index contributed by atoms with van der Waals surface area (Å²) in [5.41, 5.74) is -0.870. The summed E-state index contributed by atoms with van der Waals surface area (Å²) in [6.07, 6.45) is 9.02. The van der Waals surface area contributed by atoms with Crippen LogP contribution in [0.4, 0.5) is 4.39 Å². The van der Waals surface area contributed by atoms with Gasteiger partial charge >= 0.3 is 0 Å². The van der Waals surface area contributed by atoms with Gasteiger partial charge in [0.1, 0.15) is 5.67 Å². The molecular formula is C12H24FN. The van der Waals surface area contributed by atoms with Gasteiger partial charge in [-0.2, -0.15) is 0 Å². The zero-order chi connectivity index (χ0) is 10.3. The minimum atomic E-state index is -0.870. The number of unbranched alkanes of at least 4 members (excludes halogenated alkanes) is 5. The highest BCUT2D eigenvalue weighted by Crippen LogP contribution is 2.26. The maximum absolute atomic E-state index is 13.8. The molecule has 1 rings (SSSR count). The summed E-state index contributed by atoms with van der Waals surface area (Å²) >= 11 is 0. The van der Waals surface area contributed by atoms with Gasteiger partial charge in [0.2, 0.25) is 0 Å². The Morgan fingerprint density at radius 2 is 1.86 bits per heavy atom. The molecule has 0 aliphatic carbocycles. The van der Waals surface area contributed by atoms with Gasteiger partial charge in [-0.3, -0.25) is 0 Å². The molecule has 1 fully saturated rings. The van der Waals surface area contributed by atoms with Gasteiger partial charge in [-0.1, -0.05) is 45.4 Å². The Morgan fingerprint density at radius 3 is 2.50 bits per heavy atom. The van der Waals surface area contributed by atoms with Crippen LogP contribution in [0.3, 0.4) is 0 Å². The summed E-state index contributed by atoms with van der Waals surface area (Å²) in [5, 5.41) is 3.10. The Kier molecular flexibility index (Phi) is 5.46. The predicted molar refractivity (Wildman–Crippen MR) is 59.3 cm³/mol. The second kappa shape index (κ2) is 6.39. The first-order chi connectivity index (χ1) is 6.77. The molecule has 1 unspecified atom stereocenters. The van der Waals surface area contributed by atoms with Gasteiger partial charge in [-0.05, 0) is 19.4 Å². The number of hydrogen-bond acceptors (Lipinski definition) is 1. The second-order valence-corrected chi connectivity index (χ2v) is 4.60. The third kappa shape index (κ3) is 4.41. The fourth-order valence-corrected chi connectivity index (χ4v) is 2.15. The fraction of sp³-hybridized carbons (Fsp3) is 1.00. The number of alkyl halides is 1. The molecule has 0 aromatic rings. The first-order valence-electron chi connectivity index (χ1n) is 6.16. The van der Waals surface area contributed by atoms with Gasteiger partial charge in [-0.15, -0.1) is 0 Å². The molecule has 1 aliphatic heterocycles. The van der Waals surface area contributed by atoms with Gasteiger partial charge in [-0.25, -0.2) is 4.39 Å². The molecule has 0 aromatic carbocycles. The molecule has 0 saturated carbocycles. The molecular weight excluding hydrogens is 177 g/mol. The molecule has 1 nitrogen and oxygen atoms in total. The van der Waals surface area contributed by atoms with Crippen molar-refractivity contribution in [2.45, 2.75) is 64.0 Å². The first kappa shape index (κ1) is 12.0. The number of nitrogens with one attached hydrogen (secondary N) is 1. The quantitative estimate of drug-likeness (QED) is 0.622. The molecule has 84 valence electrons. The van der Waals surface area contributed by atoms with Crippen LogP contribution in [0.1, 0.15) is 58.3 Å². The molecule has 1 saturated heterocycles. The van der Waals surface area contributed by atoms with Crippen molar-refractivity contribution in [2.75, 3.05) is 13.1 Å². The Labute approximate surface area is 87.5 Å². The Bertz CT molecular complexity index is 141. The maximum atomic E-state index is 13.8. The van der Waals surface area contributed by atoms with Crippen LogP contribution in [0.15, 0.2) is 0 Å². The van der Waals surface area contributed by atoms with Crippen molar-refractivity contribution in [3.8, 4) is 0 Å². The van der Waals surface area contributed by atoms with E-state index in [1.165, 1.54) is 32.1 Å². The summed E-state index contributed by atoms with van der Waals surface area (Å²) in [7, 11) is 0. The molecule has 2 heteroatoms. The molecule has 1 N–H and O–H groups in total. The van der Waals surface area contributed by atoms with Gasteiger partial charge in [0.15, 0.2) is 0 Å². The van der Waals surface area contributed by atoms with Crippen LogP contribution in [0.2, 0.25) is 0 Å².